The van der Waals surface area contributed by atoms with Gasteiger partial charge >= 0.3 is 5.97 Å². The molecule has 2 aliphatic heterocycles. The van der Waals surface area contributed by atoms with E-state index in [1.54, 1.807) is 0 Å². The minimum absolute atomic E-state index is 0.143. The Bertz CT molecular complexity index is 599. The summed E-state index contributed by atoms with van der Waals surface area (Å²) in [6.07, 6.45) is 1.15. The summed E-state index contributed by atoms with van der Waals surface area (Å²) in [6.45, 7) is 6.93. The van der Waals surface area contributed by atoms with Gasteiger partial charge in [0.05, 0.1) is 6.04 Å². The van der Waals surface area contributed by atoms with Crippen molar-refractivity contribution in [2.24, 2.45) is 0 Å². The fourth-order valence-corrected chi connectivity index (χ4v) is 3.26. The molecule has 2 aliphatic rings. The molecule has 1 aromatic carbocycles. The third kappa shape index (κ3) is 2.90. The summed E-state index contributed by atoms with van der Waals surface area (Å²) in [7, 11) is 0. The molecule has 116 valence electrons. The average Bonchev–Trinajstić information content (AvgIpc) is 2.48. The van der Waals surface area contributed by atoms with E-state index in [4.69, 9.17) is 4.84 Å². The highest BCUT2D eigenvalue weighted by Crippen LogP contribution is 2.33. The largest absolute Gasteiger partial charge is 0.338 e. The third-order valence-corrected chi connectivity index (χ3v) is 4.28. The van der Waals surface area contributed by atoms with E-state index in [0.717, 1.165) is 25.1 Å². The lowest BCUT2D eigenvalue weighted by Crippen LogP contribution is -2.58. The van der Waals surface area contributed by atoms with Crippen LogP contribution in [0.15, 0.2) is 42.5 Å². The topological polar surface area (TPSA) is 49.9 Å². The first-order valence-corrected chi connectivity index (χ1v) is 7.51. The summed E-state index contributed by atoms with van der Waals surface area (Å²) in [5, 5.41) is 1.22. The summed E-state index contributed by atoms with van der Waals surface area (Å²) in [4.78, 5) is 30.8. The Morgan fingerprint density at radius 3 is 2.77 bits per heavy atom. The average molecular weight is 300 g/mol. The number of carbonyl (C=O) groups is 2. The number of rotatable bonds is 3. The van der Waals surface area contributed by atoms with E-state index >= 15 is 0 Å². The van der Waals surface area contributed by atoms with Crippen molar-refractivity contribution in [3.8, 4) is 0 Å². The highest BCUT2D eigenvalue weighted by atomic mass is 16.7. The van der Waals surface area contributed by atoms with Gasteiger partial charge in [0.15, 0.2) is 0 Å². The molecule has 1 amide bonds. The second kappa shape index (κ2) is 5.93. The van der Waals surface area contributed by atoms with Crippen LogP contribution in [0.1, 0.15) is 25.3 Å². The molecular formula is C17H20N2O3. The highest BCUT2D eigenvalue weighted by molar-refractivity contribution is 5.80. The van der Waals surface area contributed by atoms with Crippen LogP contribution >= 0.6 is 0 Å². The molecule has 5 heteroatoms. The van der Waals surface area contributed by atoms with Crippen molar-refractivity contribution in [1.82, 2.24) is 9.96 Å². The minimum Gasteiger partial charge on any atom is -0.338 e. The maximum atomic E-state index is 12.3. The second-order valence-corrected chi connectivity index (χ2v) is 5.96. The molecule has 0 N–H and O–H groups in total. The monoisotopic (exact) mass is 300 g/mol. The number of benzene rings is 1. The lowest BCUT2D eigenvalue weighted by Gasteiger charge is -2.47. The summed E-state index contributed by atoms with van der Waals surface area (Å²) < 4.78 is 0. The molecule has 0 aliphatic carbocycles. The maximum Gasteiger partial charge on any atom is 0.329 e. The molecule has 2 bridgehead atoms. The second-order valence-electron chi connectivity index (χ2n) is 5.96. The van der Waals surface area contributed by atoms with Crippen molar-refractivity contribution in [3.63, 3.8) is 0 Å². The standard InChI is InChI=1S/C17H20N2O3/c1-12-10-18(11-14-6-4-3-5-7-14)15-8-16(12)19(17(21)9-15)22-13(2)20/h3-7,15-16H,1,8-11H2,2H3. The molecule has 0 saturated carbocycles. The first kappa shape index (κ1) is 14.8. The van der Waals surface area contributed by atoms with Crippen LogP contribution in [0.4, 0.5) is 0 Å². The SMILES string of the molecule is C=C1CN(Cc2ccccc2)C2CC(=O)N(OC(C)=O)C1C2. The summed E-state index contributed by atoms with van der Waals surface area (Å²) in [6, 6.07) is 10.2. The first-order valence-electron chi connectivity index (χ1n) is 7.51. The molecule has 2 fully saturated rings. The van der Waals surface area contributed by atoms with Gasteiger partial charge in [-0.2, -0.15) is 5.06 Å². The van der Waals surface area contributed by atoms with Crippen molar-refractivity contribution in [3.05, 3.63) is 48.0 Å². The first-order chi connectivity index (χ1) is 10.5. The fourth-order valence-electron chi connectivity index (χ4n) is 3.26. The maximum absolute atomic E-state index is 12.3. The minimum atomic E-state index is -0.466. The Hall–Kier alpha value is -2.14. The summed E-state index contributed by atoms with van der Waals surface area (Å²) in [5.74, 6) is -0.610. The zero-order chi connectivity index (χ0) is 15.7. The predicted molar refractivity (Wildman–Crippen MR) is 81.4 cm³/mol. The lowest BCUT2D eigenvalue weighted by atomic mass is 9.87. The number of hydrogen-bond acceptors (Lipinski definition) is 4. The van der Waals surface area contributed by atoms with E-state index in [1.165, 1.54) is 17.6 Å². The van der Waals surface area contributed by atoms with Crippen LogP contribution in [0.5, 0.6) is 0 Å². The zero-order valence-electron chi connectivity index (χ0n) is 12.7. The van der Waals surface area contributed by atoms with Crippen molar-refractivity contribution >= 4 is 11.9 Å². The Kier molecular flexibility index (Phi) is 3.98. The van der Waals surface area contributed by atoms with Gasteiger partial charge in [-0.1, -0.05) is 36.9 Å². The van der Waals surface area contributed by atoms with Gasteiger partial charge in [-0.3, -0.25) is 14.5 Å². The lowest BCUT2D eigenvalue weighted by molar-refractivity contribution is -0.212. The van der Waals surface area contributed by atoms with Gasteiger partial charge in [0, 0.05) is 32.5 Å². The van der Waals surface area contributed by atoms with Gasteiger partial charge in [0.25, 0.3) is 5.91 Å². The van der Waals surface area contributed by atoms with Gasteiger partial charge in [-0.05, 0) is 17.6 Å². The fraction of sp³-hybridized carbons (Fsp3) is 0.412. The molecule has 2 atom stereocenters. The molecule has 2 saturated heterocycles. The van der Waals surface area contributed by atoms with Crippen LogP contribution in [-0.4, -0.2) is 40.5 Å². The van der Waals surface area contributed by atoms with E-state index in [9.17, 15) is 9.59 Å². The van der Waals surface area contributed by atoms with Crippen molar-refractivity contribution < 1.29 is 14.4 Å². The van der Waals surface area contributed by atoms with Crippen molar-refractivity contribution in [1.29, 1.82) is 0 Å². The predicted octanol–water partition coefficient (Wildman–Crippen LogP) is 1.90. The van der Waals surface area contributed by atoms with E-state index in [0.29, 0.717) is 6.42 Å². The van der Waals surface area contributed by atoms with Crippen LogP contribution in [0.25, 0.3) is 0 Å². The van der Waals surface area contributed by atoms with Crippen LogP contribution in [0, 0.1) is 0 Å². The summed E-state index contributed by atoms with van der Waals surface area (Å²) >= 11 is 0. The quantitative estimate of drug-likeness (QED) is 0.800. The van der Waals surface area contributed by atoms with Gasteiger partial charge in [0.2, 0.25) is 0 Å². The molecule has 0 radical (unpaired) electrons. The van der Waals surface area contributed by atoms with Gasteiger partial charge < -0.3 is 4.84 Å². The van der Waals surface area contributed by atoms with Crippen LogP contribution in [-0.2, 0) is 21.0 Å². The Balaban J connectivity index is 1.74. The molecule has 2 unspecified atom stereocenters. The zero-order valence-corrected chi connectivity index (χ0v) is 12.7. The van der Waals surface area contributed by atoms with Crippen molar-refractivity contribution in [2.45, 2.75) is 38.4 Å². The molecule has 0 aromatic heterocycles. The molecule has 2 heterocycles. The third-order valence-electron chi connectivity index (χ3n) is 4.28. The van der Waals surface area contributed by atoms with Gasteiger partial charge in [0.1, 0.15) is 0 Å². The van der Waals surface area contributed by atoms with Crippen LogP contribution in [0.2, 0.25) is 0 Å². The van der Waals surface area contributed by atoms with E-state index in [2.05, 4.69) is 23.6 Å². The molecule has 1 aromatic rings. The highest BCUT2D eigenvalue weighted by Gasteiger charge is 2.43. The van der Waals surface area contributed by atoms with Gasteiger partial charge in [-0.25, -0.2) is 0 Å². The number of hydroxylamine groups is 2. The Labute approximate surface area is 130 Å². The number of carbonyl (C=O) groups excluding carboxylic acids is 2. The summed E-state index contributed by atoms with van der Waals surface area (Å²) in [5.41, 5.74) is 2.14. The van der Waals surface area contributed by atoms with Gasteiger partial charge in [-0.15, -0.1) is 0 Å². The Morgan fingerprint density at radius 1 is 1.36 bits per heavy atom. The smallest absolute Gasteiger partial charge is 0.329 e. The normalized spacial score (nSPS) is 25.2. The molecule has 0 spiro atoms. The molecule has 3 rings (SSSR count). The van der Waals surface area contributed by atoms with E-state index < -0.39 is 5.97 Å². The molecule has 22 heavy (non-hydrogen) atoms. The van der Waals surface area contributed by atoms with Crippen LogP contribution < -0.4 is 0 Å². The van der Waals surface area contributed by atoms with E-state index in [-0.39, 0.29) is 18.0 Å². The van der Waals surface area contributed by atoms with E-state index in [1.807, 2.05) is 18.2 Å². The van der Waals surface area contributed by atoms with Crippen LogP contribution in [0.3, 0.4) is 0 Å². The number of hydrogen-bond donors (Lipinski definition) is 0. The number of piperidine rings is 2. The van der Waals surface area contributed by atoms with Crippen molar-refractivity contribution in [2.75, 3.05) is 6.54 Å². The number of nitrogens with zero attached hydrogens (tertiary/aromatic N) is 2. The molecular weight excluding hydrogens is 280 g/mol. The number of fused-ring (bicyclic) bond motifs is 2. The Morgan fingerprint density at radius 2 is 2.09 bits per heavy atom. The molecule has 5 nitrogen and oxygen atoms in total. The number of likely N-dealkylation sites (tertiary alicyclic amines) is 1. The number of amides is 1.